The highest BCUT2D eigenvalue weighted by Gasteiger charge is 2.18. The molecule has 1 atom stereocenters. The van der Waals surface area contributed by atoms with Gasteiger partial charge in [0.2, 0.25) is 0 Å². The van der Waals surface area contributed by atoms with Crippen molar-refractivity contribution in [2.45, 2.75) is 24.3 Å². The fraction of sp³-hybridized carbons (Fsp3) is 0.455. The van der Waals surface area contributed by atoms with E-state index in [1.54, 1.807) is 18.2 Å². The van der Waals surface area contributed by atoms with E-state index in [1.807, 2.05) is 6.92 Å². The molecular formula is C11H17NO3S. The minimum atomic E-state index is -3.31. The predicted molar refractivity (Wildman–Crippen MR) is 63.3 cm³/mol. The number of benzene rings is 1. The number of ether oxygens (including phenoxy) is 1. The van der Waals surface area contributed by atoms with Gasteiger partial charge in [0.1, 0.15) is 5.75 Å². The summed E-state index contributed by atoms with van der Waals surface area (Å²) in [7, 11) is -1.81. The van der Waals surface area contributed by atoms with Crippen molar-refractivity contribution in [2.75, 3.05) is 12.9 Å². The SMILES string of the molecule is CCC(N)CS(=O)(=O)c1cccc(OC)c1. The molecule has 0 aliphatic carbocycles. The van der Waals surface area contributed by atoms with E-state index in [0.717, 1.165) is 0 Å². The van der Waals surface area contributed by atoms with Crippen LogP contribution in [0.25, 0.3) is 0 Å². The van der Waals surface area contributed by atoms with E-state index in [-0.39, 0.29) is 16.7 Å². The molecule has 16 heavy (non-hydrogen) atoms. The third-order valence-electron chi connectivity index (χ3n) is 2.36. The molecular weight excluding hydrogens is 226 g/mol. The molecule has 1 aromatic carbocycles. The molecule has 90 valence electrons. The van der Waals surface area contributed by atoms with Crippen LogP contribution in [-0.4, -0.2) is 27.3 Å². The minimum absolute atomic E-state index is 0.0311. The molecule has 0 spiro atoms. The number of hydrogen-bond acceptors (Lipinski definition) is 4. The zero-order valence-corrected chi connectivity index (χ0v) is 10.3. The molecule has 0 aliphatic rings. The summed E-state index contributed by atoms with van der Waals surface area (Å²) in [5.41, 5.74) is 5.66. The molecule has 1 rings (SSSR count). The van der Waals surface area contributed by atoms with Crippen molar-refractivity contribution in [1.29, 1.82) is 0 Å². The van der Waals surface area contributed by atoms with Gasteiger partial charge in [0, 0.05) is 6.04 Å². The third kappa shape index (κ3) is 3.21. The first-order chi connectivity index (χ1) is 7.49. The van der Waals surface area contributed by atoms with Gasteiger partial charge in [0.25, 0.3) is 0 Å². The monoisotopic (exact) mass is 243 g/mol. The van der Waals surface area contributed by atoms with Gasteiger partial charge >= 0.3 is 0 Å². The lowest BCUT2D eigenvalue weighted by Gasteiger charge is -2.10. The van der Waals surface area contributed by atoms with Gasteiger partial charge in [-0.05, 0) is 24.6 Å². The minimum Gasteiger partial charge on any atom is -0.497 e. The van der Waals surface area contributed by atoms with Gasteiger partial charge in [0.15, 0.2) is 9.84 Å². The standard InChI is InChI=1S/C11H17NO3S/c1-3-9(12)8-16(13,14)11-6-4-5-10(7-11)15-2/h4-7,9H,3,8,12H2,1-2H3. The lowest BCUT2D eigenvalue weighted by atomic mass is 10.3. The Morgan fingerprint density at radius 3 is 2.69 bits per heavy atom. The smallest absolute Gasteiger partial charge is 0.180 e. The number of nitrogens with two attached hydrogens (primary N) is 1. The zero-order valence-electron chi connectivity index (χ0n) is 9.51. The molecule has 0 heterocycles. The van der Waals surface area contributed by atoms with Gasteiger partial charge in [-0.1, -0.05) is 13.0 Å². The Balaban J connectivity index is 2.98. The molecule has 0 aliphatic heterocycles. The largest absolute Gasteiger partial charge is 0.497 e. The van der Waals surface area contributed by atoms with Crippen LogP contribution < -0.4 is 10.5 Å². The van der Waals surface area contributed by atoms with Crippen molar-refractivity contribution >= 4 is 9.84 Å². The van der Waals surface area contributed by atoms with Crippen LogP contribution in [0.1, 0.15) is 13.3 Å². The second kappa shape index (κ2) is 5.32. The van der Waals surface area contributed by atoms with Crippen LogP contribution in [0.4, 0.5) is 0 Å². The number of rotatable bonds is 5. The average molecular weight is 243 g/mol. The quantitative estimate of drug-likeness (QED) is 0.843. The van der Waals surface area contributed by atoms with Gasteiger partial charge in [-0.25, -0.2) is 8.42 Å². The van der Waals surface area contributed by atoms with Gasteiger partial charge in [0.05, 0.1) is 17.8 Å². The van der Waals surface area contributed by atoms with Crippen molar-refractivity contribution in [1.82, 2.24) is 0 Å². The Kier molecular flexibility index (Phi) is 4.32. The highest BCUT2D eigenvalue weighted by atomic mass is 32.2. The molecule has 4 nitrogen and oxygen atoms in total. The fourth-order valence-corrected chi connectivity index (χ4v) is 2.86. The molecule has 1 aromatic rings. The Labute approximate surface area is 96.3 Å². The van der Waals surface area contributed by atoms with Gasteiger partial charge in [-0.15, -0.1) is 0 Å². The molecule has 1 unspecified atom stereocenters. The average Bonchev–Trinajstić information content (AvgIpc) is 2.28. The van der Waals surface area contributed by atoms with Crippen molar-refractivity contribution in [2.24, 2.45) is 5.73 Å². The summed E-state index contributed by atoms with van der Waals surface area (Å²) in [4.78, 5) is 0.260. The van der Waals surface area contributed by atoms with Crippen LogP contribution in [0.15, 0.2) is 29.2 Å². The van der Waals surface area contributed by atoms with E-state index in [1.165, 1.54) is 13.2 Å². The first kappa shape index (κ1) is 13.0. The van der Waals surface area contributed by atoms with Crippen LogP contribution in [0.2, 0.25) is 0 Å². The fourth-order valence-electron chi connectivity index (χ4n) is 1.29. The van der Waals surface area contributed by atoms with Gasteiger partial charge in [-0.2, -0.15) is 0 Å². The normalized spacial score (nSPS) is 13.4. The molecule has 0 saturated carbocycles. The second-order valence-electron chi connectivity index (χ2n) is 3.63. The van der Waals surface area contributed by atoms with E-state index < -0.39 is 9.84 Å². The first-order valence-electron chi connectivity index (χ1n) is 5.12. The van der Waals surface area contributed by atoms with E-state index in [9.17, 15) is 8.42 Å². The Hall–Kier alpha value is -1.07. The summed E-state index contributed by atoms with van der Waals surface area (Å²) in [5.74, 6) is 0.502. The molecule has 0 amide bonds. The molecule has 0 fully saturated rings. The van der Waals surface area contributed by atoms with Crippen LogP contribution in [0, 0.1) is 0 Å². The van der Waals surface area contributed by atoms with Crippen molar-refractivity contribution in [3.8, 4) is 5.75 Å². The van der Waals surface area contributed by atoms with E-state index >= 15 is 0 Å². The lowest BCUT2D eigenvalue weighted by Crippen LogP contribution is -2.28. The number of sulfone groups is 1. The van der Waals surface area contributed by atoms with Crippen LogP contribution in [0.3, 0.4) is 0 Å². The van der Waals surface area contributed by atoms with Crippen molar-refractivity contribution in [3.05, 3.63) is 24.3 Å². The summed E-state index contributed by atoms with van der Waals surface area (Å²) in [6.07, 6.45) is 0.642. The zero-order chi connectivity index (χ0) is 12.2. The van der Waals surface area contributed by atoms with Crippen LogP contribution >= 0.6 is 0 Å². The van der Waals surface area contributed by atoms with Crippen LogP contribution in [0.5, 0.6) is 5.75 Å². The Morgan fingerprint density at radius 2 is 2.12 bits per heavy atom. The molecule has 0 bridgehead atoms. The second-order valence-corrected chi connectivity index (χ2v) is 5.66. The summed E-state index contributed by atoms with van der Waals surface area (Å²) >= 11 is 0. The number of methoxy groups -OCH3 is 1. The summed E-state index contributed by atoms with van der Waals surface area (Å²) in [6.45, 7) is 1.87. The third-order valence-corrected chi connectivity index (χ3v) is 4.20. The maximum atomic E-state index is 11.9. The first-order valence-corrected chi connectivity index (χ1v) is 6.77. The summed E-state index contributed by atoms with van der Waals surface area (Å²) in [6, 6.07) is 6.11. The summed E-state index contributed by atoms with van der Waals surface area (Å²) < 4.78 is 28.9. The van der Waals surface area contributed by atoms with Crippen molar-refractivity contribution < 1.29 is 13.2 Å². The highest BCUT2D eigenvalue weighted by molar-refractivity contribution is 7.91. The van der Waals surface area contributed by atoms with E-state index in [2.05, 4.69) is 0 Å². The maximum Gasteiger partial charge on any atom is 0.180 e. The summed E-state index contributed by atoms with van der Waals surface area (Å²) in [5, 5.41) is 0. The predicted octanol–water partition coefficient (Wildman–Crippen LogP) is 1.21. The molecule has 0 aromatic heterocycles. The Morgan fingerprint density at radius 1 is 1.44 bits per heavy atom. The van der Waals surface area contributed by atoms with E-state index in [4.69, 9.17) is 10.5 Å². The molecule has 0 saturated heterocycles. The Bertz CT molecular complexity index is 442. The van der Waals surface area contributed by atoms with Crippen molar-refractivity contribution in [3.63, 3.8) is 0 Å². The molecule has 0 radical (unpaired) electrons. The highest BCUT2D eigenvalue weighted by Crippen LogP contribution is 2.18. The topological polar surface area (TPSA) is 69.4 Å². The number of hydrogen-bond donors (Lipinski definition) is 1. The van der Waals surface area contributed by atoms with Gasteiger partial charge in [-0.3, -0.25) is 0 Å². The maximum absolute atomic E-state index is 11.9. The van der Waals surface area contributed by atoms with E-state index in [0.29, 0.717) is 12.2 Å². The molecule has 5 heteroatoms. The lowest BCUT2D eigenvalue weighted by molar-refractivity contribution is 0.413. The molecule has 2 N–H and O–H groups in total. The van der Waals surface area contributed by atoms with Crippen LogP contribution in [-0.2, 0) is 9.84 Å². The van der Waals surface area contributed by atoms with Gasteiger partial charge < -0.3 is 10.5 Å².